The molecule has 0 N–H and O–H groups in total. The van der Waals surface area contributed by atoms with Crippen LogP contribution in [-0.4, -0.2) is 37.7 Å². The van der Waals surface area contributed by atoms with E-state index in [-0.39, 0.29) is 0 Å². The normalized spacial score (nSPS) is 10.3. The first-order valence-electron chi connectivity index (χ1n) is 5.01. The SMILES string of the molecule is COCCN(CCCl)c1ncccc1C. The van der Waals surface area contributed by atoms with Crippen molar-refractivity contribution in [3.63, 3.8) is 0 Å². The van der Waals surface area contributed by atoms with E-state index in [1.165, 1.54) is 5.56 Å². The molecule has 0 amide bonds. The van der Waals surface area contributed by atoms with Gasteiger partial charge in [-0.2, -0.15) is 0 Å². The number of pyridine rings is 1. The molecule has 1 aromatic rings. The van der Waals surface area contributed by atoms with Gasteiger partial charge >= 0.3 is 0 Å². The van der Waals surface area contributed by atoms with Crippen molar-refractivity contribution < 1.29 is 4.74 Å². The minimum absolute atomic E-state index is 0.597. The van der Waals surface area contributed by atoms with Gasteiger partial charge in [0.2, 0.25) is 0 Å². The molecule has 1 rings (SSSR count). The average Bonchev–Trinajstić information content (AvgIpc) is 2.25. The molecule has 3 nitrogen and oxygen atoms in total. The summed E-state index contributed by atoms with van der Waals surface area (Å²) < 4.78 is 5.07. The zero-order chi connectivity index (χ0) is 11.1. The fourth-order valence-electron chi connectivity index (χ4n) is 1.44. The van der Waals surface area contributed by atoms with E-state index in [4.69, 9.17) is 16.3 Å². The third kappa shape index (κ3) is 3.68. The van der Waals surface area contributed by atoms with Gasteiger partial charge in [-0.05, 0) is 18.6 Å². The van der Waals surface area contributed by atoms with Crippen molar-refractivity contribution in [1.29, 1.82) is 0 Å². The summed E-state index contributed by atoms with van der Waals surface area (Å²) in [6, 6.07) is 3.99. The third-order valence-electron chi connectivity index (χ3n) is 2.20. The van der Waals surface area contributed by atoms with E-state index in [2.05, 4.69) is 22.9 Å². The summed E-state index contributed by atoms with van der Waals surface area (Å²) in [6.07, 6.45) is 1.80. The van der Waals surface area contributed by atoms with Gasteiger partial charge in [-0.25, -0.2) is 4.98 Å². The first-order chi connectivity index (χ1) is 7.29. The highest BCUT2D eigenvalue weighted by Gasteiger charge is 2.08. The van der Waals surface area contributed by atoms with Crippen LogP contribution in [0.25, 0.3) is 0 Å². The molecule has 0 fully saturated rings. The molecule has 0 bridgehead atoms. The molecule has 84 valence electrons. The summed E-state index contributed by atoms with van der Waals surface area (Å²) in [4.78, 5) is 6.51. The first kappa shape index (κ1) is 12.3. The quantitative estimate of drug-likeness (QED) is 0.698. The fraction of sp³-hybridized carbons (Fsp3) is 0.545. The lowest BCUT2D eigenvalue weighted by Crippen LogP contribution is -2.30. The van der Waals surface area contributed by atoms with E-state index in [0.717, 1.165) is 18.9 Å². The molecule has 1 aromatic heterocycles. The standard InChI is InChI=1S/C11H17ClN2O/c1-10-4-3-6-13-11(10)14(7-5-12)8-9-15-2/h3-4,6H,5,7-9H2,1-2H3. The number of nitrogens with zero attached hydrogens (tertiary/aromatic N) is 2. The maximum atomic E-state index is 5.77. The van der Waals surface area contributed by atoms with Crippen LogP contribution in [0.15, 0.2) is 18.3 Å². The number of anilines is 1. The molecule has 0 aliphatic heterocycles. The number of ether oxygens (including phenoxy) is 1. The van der Waals surface area contributed by atoms with Crippen LogP contribution < -0.4 is 4.90 Å². The molecule has 15 heavy (non-hydrogen) atoms. The lowest BCUT2D eigenvalue weighted by Gasteiger charge is -2.23. The minimum Gasteiger partial charge on any atom is -0.383 e. The average molecular weight is 229 g/mol. The number of alkyl halides is 1. The van der Waals surface area contributed by atoms with Crippen LogP contribution in [0.1, 0.15) is 5.56 Å². The Bertz CT molecular complexity index is 294. The van der Waals surface area contributed by atoms with Crippen molar-refractivity contribution in [2.24, 2.45) is 0 Å². The number of halogens is 1. The van der Waals surface area contributed by atoms with E-state index in [0.29, 0.717) is 12.5 Å². The number of methoxy groups -OCH3 is 1. The summed E-state index contributed by atoms with van der Waals surface area (Å²) in [5, 5.41) is 0. The molecule has 0 radical (unpaired) electrons. The third-order valence-corrected chi connectivity index (χ3v) is 2.37. The number of rotatable bonds is 6. The van der Waals surface area contributed by atoms with Gasteiger partial charge in [0.25, 0.3) is 0 Å². The van der Waals surface area contributed by atoms with Crippen LogP contribution in [0.4, 0.5) is 5.82 Å². The van der Waals surface area contributed by atoms with Gasteiger partial charge in [0.05, 0.1) is 6.61 Å². The van der Waals surface area contributed by atoms with E-state index < -0.39 is 0 Å². The summed E-state index contributed by atoms with van der Waals surface area (Å²) in [7, 11) is 1.70. The second-order valence-electron chi connectivity index (χ2n) is 3.31. The molecule has 0 aliphatic carbocycles. The largest absolute Gasteiger partial charge is 0.383 e. The minimum atomic E-state index is 0.597. The van der Waals surface area contributed by atoms with Crippen LogP contribution >= 0.6 is 11.6 Å². The summed E-state index contributed by atoms with van der Waals surface area (Å²) in [5.41, 5.74) is 1.17. The van der Waals surface area contributed by atoms with Crippen molar-refractivity contribution in [1.82, 2.24) is 4.98 Å². The molecule has 0 aliphatic rings. The van der Waals surface area contributed by atoms with Gasteiger partial charge < -0.3 is 9.64 Å². The molecule has 0 spiro atoms. The topological polar surface area (TPSA) is 25.4 Å². The first-order valence-corrected chi connectivity index (χ1v) is 5.54. The van der Waals surface area contributed by atoms with Crippen LogP contribution in [0.2, 0.25) is 0 Å². The van der Waals surface area contributed by atoms with Crippen LogP contribution in [0, 0.1) is 6.92 Å². The van der Waals surface area contributed by atoms with Crippen LogP contribution in [0.5, 0.6) is 0 Å². The Morgan fingerprint density at radius 3 is 2.87 bits per heavy atom. The Hall–Kier alpha value is -0.800. The van der Waals surface area contributed by atoms with Gasteiger partial charge in [-0.1, -0.05) is 6.07 Å². The predicted octanol–water partition coefficient (Wildman–Crippen LogP) is 2.08. The Labute approximate surface area is 96.0 Å². The molecule has 0 saturated heterocycles. The van der Waals surface area contributed by atoms with Crippen molar-refractivity contribution in [3.05, 3.63) is 23.9 Å². The van der Waals surface area contributed by atoms with Crippen LogP contribution in [-0.2, 0) is 4.74 Å². The highest BCUT2D eigenvalue weighted by atomic mass is 35.5. The molecule has 0 aromatic carbocycles. The molecular formula is C11H17ClN2O. The van der Waals surface area contributed by atoms with Gasteiger partial charge in [-0.15, -0.1) is 11.6 Å². The Morgan fingerprint density at radius 2 is 2.27 bits per heavy atom. The summed E-state index contributed by atoms with van der Waals surface area (Å²) in [6.45, 7) is 4.35. The maximum Gasteiger partial charge on any atom is 0.131 e. The molecule has 0 saturated carbocycles. The van der Waals surface area contributed by atoms with E-state index in [1.807, 2.05) is 6.07 Å². The number of aryl methyl sites for hydroxylation is 1. The van der Waals surface area contributed by atoms with Crippen molar-refractivity contribution in [3.8, 4) is 0 Å². The van der Waals surface area contributed by atoms with Crippen molar-refractivity contribution in [2.75, 3.05) is 37.6 Å². The van der Waals surface area contributed by atoms with Gasteiger partial charge in [0, 0.05) is 32.3 Å². The second-order valence-corrected chi connectivity index (χ2v) is 3.69. The number of hydrogen-bond donors (Lipinski definition) is 0. The van der Waals surface area contributed by atoms with Crippen LogP contribution in [0.3, 0.4) is 0 Å². The van der Waals surface area contributed by atoms with Gasteiger partial charge in [-0.3, -0.25) is 0 Å². The monoisotopic (exact) mass is 228 g/mol. The molecule has 1 heterocycles. The highest BCUT2D eigenvalue weighted by Crippen LogP contribution is 2.15. The maximum absolute atomic E-state index is 5.77. The summed E-state index contributed by atoms with van der Waals surface area (Å²) in [5.74, 6) is 1.59. The lowest BCUT2D eigenvalue weighted by atomic mass is 10.2. The molecule has 4 heteroatoms. The van der Waals surface area contributed by atoms with Gasteiger partial charge in [0.15, 0.2) is 0 Å². The van der Waals surface area contributed by atoms with E-state index in [1.54, 1.807) is 13.3 Å². The lowest BCUT2D eigenvalue weighted by molar-refractivity contribution is 0.205. The smallest absolute Gasteiger partial charge is 0.131 e. The Kier molecular flexibility index (Phi) is 5.43. The highest BCUT2D eigenvalue weighted by molar-refractivity contribution is 6.18. The van der Waals surface area contributed by atoms with E-state index >= 15 is 0 Å². The van der Waals surface area contributed by atoms with E-state index in [9.17, 15) is 0 Å². The summed E-state index contributed by atoms with van der Waals surface area (Å²) >= 11 is 5.77. The second kappa shape index (κ2) is 6.64. The Balaban J connectivity index is 2.74. The zero-order valence-electron chi connectivity index (χ0n) is 9.24. The molecule has 0 atom stereocenters. The Morgan fingerprint density at radius 1 is 1.47 bits per heavy atom. The van der Waals surface area contributed by atoms with Crippen molar-refractivity contribution in [2.45, 2.75) is 6.92 Å². The number of hydrogen-bond acceptors (Lipinski definition) is 3. The molecular weight excluding hydrogens is 212 g/mol. The van der Waals surface area contributed by atoms with Crippen molar-refractivity contribution >= 4 is 17.4 Å². The number of aromatic nitrogens is 1. The molecule has 0 unspecified atom stereocenters. The van der Waals surface area contributed by atoms with Gasteiger partial charge in [0.1, 0.15) is 5.82 Å². The zero-order valence-corrected chi connectivity index (χ0v) is 10.00. The fourth-order valence-corrected chi connectivity index (χ4v) is 1.64. The predicted molar refractivity (Wildman–Crippen MR) is 63.8 cm³/mol.